The summed E-state index contributed by atoms with van der Waals surface area (Å²) in [5.74, 6) is 0.618. The van der Waals surface area contributed by atoms with E-state index in [1.807, 2.05) is 25.3 Å². The first-order valence-corrected chi connectivity index (χ1v) is 5.90. The minimum Gasteiger partial charge on any atom is -0.362 e. The highest BCUT2D eigenvalue weighted by atomic mass is 35.5. The molecule has 0 saturated heterocycles. The first kappa shape index (κ1) is 12.1. The molecule has 0 aromatic carbocycles. The molecule has 0 amide bonds. The maximum absolute atomic E-state index is 6.04. The van der Waals surface area contributed by atoms with Crippen molar-refractivity contribution in [3.63, 3.8) is 0 Å². The molecule has 2 aromatic rings. The van der Waals surface area contributed by atoms with Crippen LogP contribution in [0.4, 0.5) is 5.82 Å². The van der Waals surface area contributed by atoms with Crippen LogP contribution in [0.15, 0.2) is 36.8 Å². The molecule has 0 bridgehead atoms. The molecule has 0 spiro atoms. The van der Waals surface area contributed by atoms with Gasteiger partial charge in [-0.25, -0.2) is 4.98 Å². The average Bonchev–Trinajstić information content (AvgIpc) is 2.34. The third-order valence-corrected chi connectivity index (χ3v) is 2.84. The van der Waals surface area contributed by atoms with Crippen molar-refractivity contribution in [1.82, 2.24) is 9.97 Å². The predicted octanol–water partition coefficient (Wildman–Crippen LogP) is 3.96. The van der Waals surface area contributed by atoms with Gasteiger partial charge < -0.3 is 5.32 Å². The minimum atomic E-state index is 0.0786. The smallest absolute Gasteiger partial charge is 0.145 e. The van der Waals surface area contributed by atoms with Crippen molar-refractivity contribution < 1.29 is 0 Å². The van der Waals surface area contributed by atoms with Crippen molar-refractivity contribution in [3.05, 3.63) is 52.4 Å². The molecular weight excluding hydrogens is 257 g/mol. The molecule has 2 rings (SSSR count). The molecule has 1 unspecified atom stereocenters. The maximum Gasteiger partial charge on any atom is 0.145 e. The number of hydrogen-bond acceptors (Lipinski definition) is 3. The maximum atomic E-state index is 6.04. The topological polar surface area (TPSA) is 37.8 Å². The highest BCUT2D eigenvalue weighted by Gasteiger charge is 2.08. The van der Waals surface area contributed by atoms with Gasteiger partial charge in [-0.3, -0.25) is 4.98 Å². The molecule has 0 aliphatic heterocycles. The third kappa shape index (κ3) is 3.08. The molecule has 0 radical (unpaired) electrons. The molecule has 5 heteroatoms. The monoisotopic (exact) mass is 267 g/mol. The lowest BCUT2D eigenvalue weighted by Crippen LogP contribution is -2.08. The van der Waals surface area contributed by atoms with E-state index >= 15 is 0 Å². The van der Waals surface area contributed by atoms with Gasteiger partial charge in [0.25, 0.3) is 0 Å². The van der Waals surface area contributed by atoms with Crippen molar-refractivity contribution in [2.24, 2.45) is 0 Å². The van der Waals surface area contributed by atoms with Crippen molar-refractivity contribution in [2.45, 2.75) is 13.0 Å². The first-order valence-electron chi connectivity index (χ1n) is 5.14. The van der Waals surface area contributed by atoms with Gasteiger partial charge in [-0.15, -0.1) is 0 Å². The number of halogens is 2. The Bertz CT molecular complexity index is 502. The fourth-order valence-electron chi connectivity index (χ4n) is 1.44. The van der Waals surface area contributed by atoms with Crippen LogP contribution in [0, 0.1) is 0 Å². The molecule has 88 valence electrons. The van der Waals surface area contributed by atoms with Crippen LogP contribution in [0.25, 0.3) is 0 Å². The van der Waals surface area contributed by atoms with Crippen LogP contribution >= 0.6 is 23.2 Å². The normalized spacial score (nSPS) is 12.2. The van der Waals surface area contributed by atoms with E-state index in [1.54, 1.807) is 18.5 Å². The molecule has 0 aliphatic carbocycles. The Labute approximate surface area is 110 Å². The standard InChI is InChI=1S/C12H11Cl2N3/c1-8(9-3-2-4-15-6-9)17-12-11(14)5-10(13)7-16-12/h2-8H,1H3,(H,16,17). The lowest BCUT2D eigenvalue weighted by molar-refractivity contribution is 0.866. The second kappa shape index (κ2) is 5.34. The lowest BCUT2D eigenvalue weighted by atomic mass is 10.1. The summed E-state index contributed by atoms with van der Waals surface area (Å²) < 4.78 is 0. The van der Waals surface area contributed by atoms with Crippen LogP contribution in [0.1, 0.15) is 18.5 Å². The van der Waals surface area contributed by atoms with Gasteiger partial charge in [0.15, 0.2) is 0 Å². The highest BCUT2D eigenvalue weighted by molar-refractivity contribution is 6.35. The van der Waals surface area contributed by atoms with Crippen LogP contribution in [0.2, 0.25) is 10.0 Å². The number of anilines is 1. The van der Waals surface area contributed by atoms with Crippen LogP contribution in [-0.2, 0) is 0 Å². The summed E-state index contributed by atoms with van der Waals surface area (Å²) in [7, 11) is 0. The molecule has 17 heavy (non-hydrogen) atoms. The largest absolute Gasteiger partial charge is 0.362 e. The Hall–Kier alpha value is -1.32. The second-order valence-electron chi connectivity index (χ2n) is 3.64. The zero-order valence-electron chi connectivity index (χ0n) is 9.19. The molecule has 2 aromatic heterocycles. The summed E-state index contributed by atoms with van der Waals surface area (Å²) in [6, 6.07) is 5.63. The van der Waals surface area contributed by atoms with Gasteiger partial charge in [-0.1, -0.05) is 29.3 Å². The summed E-state index contributed by atoms with van der Waals surface area (Å²) in [6.45, 7) is 2.02. The van der Waals surface area contributed by atoms with Crippen molar-refractivity contribution >= 4 is 29.0 Å². The molecular formula is C12H11Cl2N3. The summed E-state index contributed by atoms with van der Waals surface area (Å²) in [5, 5.41) is 4.24. The Morgan fingerprint density at radius 3 is 2.76 bits per heavy atom. The fourth-order valence-corrected chi connectivity index (χ4v) is 1.88. The van der Waals surface area contributed by atoms with E-state index in [4.69, 9.17) is 23.2 Å². The Morgan fingerprint density at radius 1 is 1.29 bits per heavy atom. The average molecular weight is 268 g/mol. The second-order valence-corrected chi connectivity index (χ2v) is 4.48. The van der Waals surface area contributed by atoms with E-state index in [9.17, 15) is 0 Å². The fraction of sp³-hybridized carbons (Fsp3) is 0.167. The summed E-state index contributed by atoms with van der Waals surface area (Å²) in [6.07, 6.45) is 5.11. The first-order chi connectivity index (χ1) is 8.16. The highest BCUT2D eigenvalue weighted by Crippen LogP contribution is 2.25. The number of rotatable bonds is 3. The Morgan fingerprint density at radius 2 is 2.12 bits per heavy atom. The zero-order valence-corrected chi connectivity index (χ0v) is 10.7. The van der Waals surface area contributed by atoms with E-state index < -0.39 is 0 Å². The Kier molecular flexibility index (Phi) is 3.82. The third-order valence-electron chi connectivity index (χ3n) is 2.35. The van der Waals surface area contributed by atoms with Gasteiger partial charge in [-0.2, -0.15) is 0 Å². The van der Waals surface area contributed by atoms with Gasteiger partial charge in [0.05, 0.1) is 16.1 Å². The SMILES string of the molecule is CC(Nc1ncc(Cl)cc1Cl)c1cccnc1. The summed E-state index contributed by atoms with van der Waals surface area (Å²) >= 11 is 11.8. The molecule has 1 atom stereocenters. The van der Waals surface area contributed by atoms with E-state index in [-0.39, 0.29) is 6.04 Å². The number of nitrogens with zero attached hydrogens (tertiary/aromatic N) is 2. The van der Waals surface area contributed by atoms with Gasteiger partial charge in [0, 0.05) is 18.6 Å². The quantitative estimate of drug-likeness (QED) is 0.915. The van der Waals surface area contributed by atoms with Gasteiger partial charge >= 0.3 is 0 Å². The van der Waals surface area contributed by atoms with E-state index in [0.717, 1.165) is 5.56 Å². The molecule has 0 fully saturated rings. The number of hydrogen-bond donors (Lipinski definition) is 1. The van der Waals surface area contributed by atoms with Gasteiger partial charge in [0.1, 0.15) is 5.82 Å². The number of aromatic nitrogens is 2. The van der Waals surface area contributed by atoms with Crippen molar-refractivity contribution in [1.29, 1.82) is 0 Å². The van der Waals surface area contributed by atoms with Gasteiger partial charge in [0.2, 0.25) is 0 Å². The molecule has 0 aliphatic rings. The summed E-state index contributed by atoms with van der Waals surface area (Å²) in [4.78, 5) is 8.22. The summed E-state index contributed by atoms with van der Waals surface area (Å²) in [5.41, 5.74) is 1.07. The molecule has 0 saturated carbocycles. The van der Waals surface area contributed by atoms with Crippen LogP contribution < -0.4 is 5.32 Å². The molecule has 2 heterocycles. The number of nitrogens with one attached hydrogen (secondary N) is 1. The Balaban J connectivity index is 2.16. The van der Waals surface area contributed by atoms with Crippen LogP contribution in [0.5, 0.6) is 0 Å². The lowest BCUT2D eigenvalue weighted by Gasteiger charge is -2.15. The van der Waals surface area contributed by atoms with Crippen LogP contribution in [-0.4, -0.2) is 9.97 Å². The van der Waals surface area contributed by atoms with Gasteiger partial charge in [-0.05, 0) is 24.6 Å². The number of pyridine rings is 2. The van der Waals surface area contributed by atoms with Crippen molar-refractivity contribution in [3.8, 4) is 0 Å². The van der Waals surface area contributed by atoms with Crippen LogP contribution in [0.3, 0.4) is 0 Å². The molecule has 3 nitrogen and oxygen atoms in total. The predicted molar refractivity (Wildman–Crippen MR) is 70.5 cm³/mol. The minimum absolute atomic E-state index is 0.0786. The zero-order chi connectivity index (χ0) is 12.3. The van der Waals surface area contributed by atoms with Crippen molar-refractivity contribution in [2.75, 3.05) is 5.32 Å². The van der Waals surface area contributed by atoms with E-state index in [0.29, 0.717) is 15.9 Å². The van der Waals surface area contributed by atoms with E-state index in [1.165, 1.54) is 0 Å². The molecule has 1 N–H and O–H groups in total. The van der Waals surface area contributed by atoms with E-state index in [2.05, 4.69) is 15.3 Å².